The number of fused-ring (bicyclic) bond motifs is 7. The summed E-state index contributed by atoms with van der Waals surface area (Å²) in [5.74, 6) is 2.69. The molecule has 0 saturated carbocycles. The summed E-state index contributed by atoms with van der Waals surface area (Å²) in [4.78, 5) is 17.7. The van der Waals surface area contributed by atoms with Crippen molar-refractivity contribution >= 4 is 23.0 Å². The molecule has 0 amide bonds. The Morgan fingerprint density at radius 2 is 1.88 bits per heavy atom. The van der Waals surface area contributed by atoms with E-state index in [1.165, 1.54) is 44.6 Å². The molecular weight excluding hydrogens is 442 g/mol. The first-order valence-electron chi connectivity index (χ1n) is 12.9. The summed E-state index contributed by atoms with van der Waals surface area (Å²) in [5.41, 5.74) is 2.47. The van der Waals surface area contributed by atoms with Gasteiger partial charge in [0.05, 0.1) is 0 Å². The van der Waals surface area contributed by atoms with E-state index in [4.69, 9.17) is 12.2 Å². The quantitative estimate of drug-likeness (QED) is 0.646. The van der Waals surface area contributed by atoms with Gasteiger partial charge in [-0.05, 0) is 74.0 Å². The molecule has 2 aromatic rings. The molecular formula is C27H35N5OS. The SMILES string of the molecule is O=c1cccc2n1C[C@H]1C[C@@H]2CN(C[C@H]2CN3CC[C@H]2C[C@@H]3CNC(=S)Nc2ccccc2)C1. The molecule has 0 spiro atoms. The van der Waals surface area contributed by atoms with Gasteiger partial charge in [-0.15, -0.1) is 0 Å². The zero-order valence-electron chi connectivity index (χ0n) is 19.7. The number of benzene rings is 1. The third-order valence-corrected chi connectivity index (χ3v) is 8.84. The third-order valence-electron chi connectivity index (χ3n) is 8.59. The molecule has 0 aliphatic carbocycles. The minimum atomic E-state index is 0.177. The first kappa shape index (κ1) is 22.3. The van der Waals surface area contributed by atoms with Crippen LogP contribution in [0.5, 0.6) is 0 Å². The molecule has 1 unspecified atom stereocenters. The van der Waals surface area contributed by atoms with Crippen molar-refractivity contribution in [3.05, 3.63) is 64.6 Å². The fourth-order valence-electron chi connectivity index (χ4n) is 7.05. The van der Waals surface area contributed by atoms with E-state index in [1.54, 1.807) is 6.07 Å². The summed E-state index contributed by atoms with van der Waals surface area (Å²) < 4.78 is 2.04. The Hall–Kier alpha value is -2.22. The topological polar surface area (TPSA) is 52.5 Å². The van der Waals surface area contributed by atoms with Crippen molar-refractivity contribution in [2.24, 2.45) is 17.8 Å². The van der Waals surface area contributed by atoms with Crippen LogP contribution >= 0.6 is 12.2 Å². The first-order chi connectivity index (χ1) is 16.6. The highest BCUT2D eigenvalue weighted by Gasteiger charge is 2.42. The number of nitrogens with one attached hydrogen (secondary N) is 2. The summed E-state index contributed by atoms with van der Waals surface area (Å²) in [6.45, 7) is 7.69. The molecule has 4 fully saturated rings. The molecule has 6 atom stereocenters. The van der Waals surface area contributed by atoms with Crippen LogP contribution in [0.25, 0.3) is 0 Å². The number of pyridine rings is 1. The lowest BCUT2D eigenvalue weighted by Gasteiger charge is -2.52. The van der Waals surface area contributed by atoms with Crippen LogP contribution in [-0.2, 0) is 6.54 Å². The van der Waals surface area contributed by atoms with Gasteiger partial charge in [-0.3, -0.25) is 9.69 Å². The average Bonchev–Trinajstić information content (AvgIpc) is 2.85. The molecule has 1 aromatic carbocycles. The number of para-hydroxylation sites is 1. The van der Waals surface area contributed by atoms with Gasteiger partial charge in [-0.25, -0.2) is 0 Å². The van der Waals surface area contributed by atoms with Crippen LogP contribution in [0.1, 0.15) is 30.9 Å². The van der Waals surface area contributed by atoms with Crippen LogP contribution < -0.4 is 16.2 Å². The van der Waals surface area contributed by atoms with Gasteiger partial charge in [0.25, 0.3) is 5.56 Å². The van der Waals surface area contributed by atoms with Crippen molar-refractivity contribution in [3.8, 4) is 0 Å². The van der Waals surface area contributed by atoms with E-state index in [9.17, 15) is 4.79 Å². The summed E-state index contributed by atoms with van der Waals surface area (Å²) >= 11 is 5.53. The summed E-state index contributed by atoms with van der Waals surface area (Å²) in [6, 6.07) is 16.5. The smallest absolute Gasteiger partial charge is 0.250 e. The fourth-order valence-corrected chi connectivity index (χ4v) is 7.25. The van der Waals surface area contributed by atoms with E-state index in [0.29, 0.717) is 23.0 Å². The van der Waals surface area contributed by atoms with E-state index < -0.39 is 0 Å². The maximum atomic E-state index is 12.3. The van der Waals surface area contributed by atoms with Gasteiger partial charge >= 0.3 is 0 Å². The number of piperidine rings is 4. The van der Waals surface area contributed by atoms with Crippen LogP contribution in [0.4, 0.5) is 5.69 Å². The largest absolute Gasteiger partial charge is 0.361 e. The molecule has 7 heteroatoms. The molecule has 4 bridgehead atoms. The molecule has 180 valence electrons. The first-order valence-corrected chi connectivity index (χ1v) is 13.3. The van der Waals surface area contributed by atoms with Crippen LogP contribution in [0, 0.1) is 17.8 Å². The predicted molar refractivity (Wildman–Crippen MR) is 140 cm³/mol. The molecule has 4 saturated heterocycles. The Balaban J connectivity index is 1.02. The second-order valence-corrected chi connectivity index (χ2v) is 11.2. The third kappa shape index (κ3) is 4.53. The number of thiocarbonyl (C=S) groups is 1. The molecule has 5 aliphatic heterocycles. The Kier molecular flexibility index (Phi) is 6.18. The van der Waals surface area contributed by atoms with Crippen molar-refractivity contribution < 1.29 is 0 Å². The van der Waals surface area contributed by atoms with Crippen molar-refractivity contribution in [3.63, 3.8) is 0 Å². The molecule has 1 aromatic heterocycles. The highest BCUT2D eigenvalue weighted by atomic mass is 32.1. The molecule has 7 rings (SSSR count). The van der Waals surface area contributed by atoms with Crippen LogP contribution in [0.3, 0.4) is 0 Å². The van der Waals surface area contributed by atoms with Crippen molar-refractivity contribution in [1.29, 1.82) is 0 Å². The normalized spacial score (nSPS) is 32.1. The van der Waals surface area contributed by atoms with E-state index in [1.807, 2.05) is 41.0 Å². The lowest BCUT2D eigenvalue weighted by atomic mass is 9.74. The predicted octanol–water partition coefficient (Wildman–Crippen LogP) is 2.96. The average molecular weight is 478 g/mol. The minimum Gasteiger partial charge on any atom is -0.361 e. The van der Waals surface area contributed by atoms with E-state index in [2.05, 4.69) is 26.5 Å². The molecule has 5 aliphatic rings. The molecule has 0 radical (unpaired) electrons. The van der Waals surface area contributed by atoms with Crippen molar-refractivity contribution in [2.45, 2.75) is 37.8 Å². The van der Waals surface area contributed by atoms with Gasteiger partial charge < -0.3 is 20.1 Å². The number of rotatable bonds is 5. The van der Waals surface area contributed by atoms with Crippen LogP contribution in [0.2, 0.25) is 0 Å². The van der Waals surface area contributed by atoms with E-state index >= 15 is 0 Å². The Bertz CT molecular complexity index is 1090. The Labute approximate surface area is 207 Å². The van der Waals surface area contributed by atoms with Gasteiger partial charge in [0, 0.05) is 68.7 Å². The number of likely N-dealkylation sites (tertiary alicyclic amines) is 1. The Morgan fingerprint density at radius 3 is 2.71 bits per heavy atom. The number of anilines is 1. The number of hydrogen-bond acceptors (Lipinski definition) is 4. The summed E-state index contributed by atoms with van der Waals surface area (Å²) in [6.07, 6.45) is 3.84. The zero-order chi connectivity index (χ0) is 23.1. The van der Waals surface area contributed by atoms with Crippen molar-refractivity contribution in [1.82, 2.24) is 19.7 Å². The van der Waals surface area contributed by atoms with Crippen LogP contribution in [0.15, 0.2) is 53.3 Å². The fraction of sp³-hybridized carbons (Fsp3) is 0.556. The van der Waals surface area contributed by atoms with E-state index in [0.717, 1.165) is 43.7 Å². The minimum absolute atomic E-state index is 0.177. The summed E-state index contributed by atoms with van der Waals surface area (Å²) in [5, 5.41) is 7.47. The Morgan fingerprint density at radius 1 is 1.00 bits per heavy atom. The number of hydrogen-bond donors (Lipinski definition) is 2. The monoisotopic (exact) mass is 477 g/mol. The maximum Gasteiger partial charge on any atom is 0.250 e. The molecule has 2 N–H and O–H groups in total. The highest BCUT2D eigenvalue weighted by molar-refractivity contribution is 7.80. The molecule has 6 heterocycles. The lowest BCUT2D eigenvalue weighted by Crippen LogP contribution is -2.59. The highest BCUT2D eigenvalue weighted by Crippen LogP contribution is 2.39. The van der Waals surface area contributed by atoms with Gasteiger partial charge in [-0.2, -0.15) is 0 Å². The second-order valence-electron chi connectivity index (χ2n) is 10.8. The number of nitrogens with zero attached hydrogens (tertiary/aromatic N) is 3. The lowest BCUT2D eigenvalue weighted by molar-refractivity contribution is -0.0189. The van der Waals surface area contributed by atoms with Gasteiger partial charge in [0.2, 0.25) is 0 Å². The molecule has 6 nitrogen and oxygen atoms in total. The number of aromatic nitrogens is 1. The zero-order valence-corrected chi connectivity index (χ0v) is 20.6. The van der Waals surface area contributed by atoms with Gasteiger partial charge in [0.15, 0.2) is 5.11 Å². The van der Waals surface area contributed by atoms with E-state index in [-0.39, 0.29) is 5.56 Å². The standard InChI is InChI=1S/C27H35N5OS/c33-26-8-4-7-25-21-11-19(15-32(25)26)14-30(16-21)17-22-18-31-10-9-20(22)12-24(31)13-28-27(34)29-23-5-2-1-3-6-23/h1-8,19-22,24H,9-18H2,(H2,28,29,34)/t19-,20-,21+,22-,24+/m0/s1. The second kappa shape index (κ2) is 9.44. The maximum absolute atomic E-state index is 12.3. The van der Waals surface area contributed by atoms with Gasteiger partial charge in [0.1, 0.15) is 0 Å². The van der Waals surface area contributed by atoms with Gasteiger partial charge in [-0.1, -0.05) is 24.3 Å². The van der Waals surface area contributed by atoms with Crippen LogP contribution in [-0.4, -0.2) is 64.8 Å². The molecule has 34 heavy (non-hydrogen) atoms. The summed E-state index contributed by atoms with van der Waals surface area (Å²) in [7, 11) is 0. The van der Waals surface area contributed by atoms with Crippen molar-refractivity contribution in [2.75, 3.05) is 44.6 Å².